The fourth-order valence-corrected chi connectivity index (χ4v) is 3.02. The first kappa shape index (κ1) is 20.6. The molecular formula is C19H19F3N4O3. The molecular weight excluding hydrogens is 389 g/mol. The molecule has 0 spiro atoms. The number of hydrogen-bond donors (Lipinski definition) is 1. The van der Waals surface area contributed by atoms with Crippen LogP contribution in [-0.4, -0.2) is 48.1 Å². The summed E-state index contributed by atoms with van der Waals surface area (Å²) in [5, 5.41) is 2.91. The highest BCUT2D eigenvalue weighted by Gasteiger charge is 2.31. The summed E-state index contributed by atoms with van der Waals surface area (Å²) in [5.74, 6) is -0.411. The van der Waals surface area contributed by atoms with Crippen molar-refractivity contribution in [3.63, 3.8) is 0 Å². The molecule has 0 aromatic carbocycles. The number of piperidine rings is 1. The number of halogens is 3. The number of methoxy groups -OCH3 is 1. The molecule has 2 aromatic rings. The van der Waals surface area contributed by atoms with Gasteiger partial charge in [0.2, 0.25) is 0 Å². The Morgan fingerprint density at radius 2 is 1.83 bits per heavy atom. The van der Waals surface area contributed by atoms with Crippen molar-refractivity contribution >= 4 is 17.7 Å². The zero-order valence-corrected chi connectivity index (χ0v) is 15.6. The molecule has 0 saturated carbocycles. The van der Waals surface area contributed by atoms with E-state index in [9.17, 15) is 22.8 Å². The second-order valence-corrected chi connectivity index (χ2v) is 6.56. The average Bonchev–Trinajstić information content (AvgIpc) is 2.73. The Kier molecular flexibility index (Phi) is 6.00. The van der Waals surface area contributed by atoms with Gasteiger partial charge in [-0.2, -0.15) is 13.2 Å². The Labute approximate surface area is 164 Å². The van der Waals surface area contributed by atoms with Gasteiger partial charge in [0, 0.05) is 31.5 Å². The second-order valence-electron chi connectivity index (χ2n) is 6.56. The number of aromatic nitrogens is 2. The van der Waals surface area contributed by atoms with Crippen LogP contribution in [0, 0.1) is 0 Å². The number of carbonyl (C=O) groups is 2. The molecule has 1 N–H and O–H groups in total. The van der Waals surface area contributed by atoms with Gasteiger partial charge in [0.25, 0.3) is 5.91 Å². The Bertz CT molecular complexity index is 862. The van der Waals surface area contributed by atoms with Crippen LogP contribution in [0.5, 0.6) is 0 Å². The molecule has 3 heterocycles. The maximum absolute atomic E-state index is 12.6. The van der Waals surface area contributed by atoms with E-state index in [1.165, 1.54) is 31.5 Å². The number of amides is 1. The van der Waals surface area contributed by atoms with Crippen LogP contribution in [0.4, 0.5) is 19.0 Å². The Morgan fingerprint density at radius 3 is 2.34 bits per heavy atom. The van der Waals surface area contributed by atoms with Crippen LogP contribution >= 0.6 is 0 Å². The van der Waals surface area contributed by atoms with Crippen molar-refractivity contribution in [2.75, 3.05) is 25.1 Å². The highest BCUT2D eigenvalue weighted by atomic mass is 19.4. The van der Waals surface area contributed by atoms with Gasteiger partial charge in [-0.05, 0) is 37.1 Å². The van der Waals surface area contributed by atoms with E-state index in [1.54, 1.807) is 0 Å². The van der Waals surface area contributed by atoms with E-state index in [-0.39, 0.29) is 17.6 Å². The number of anilines is 1. The lowest BCUT2D eigenvalue weighted by atomic mass is 10.0. The molecule has 1 amide bonds. The molecule has 0 atom stereocenters. The number of ether oxygens (including phenoxy) is 1. The third kappa shape index (κ3) is 5.01. The minimum absolute atomic E-state index is 0.0755. The van der Waals surface area contributed by atoms with Crippen LogP contribution in [0.2, 0.25) is 0 Å². The minimum Gasteiger partial charge on any atom is -0.464 e. The topological polar surface area (TPSA) is 84.4 Å². The molecule has 0 bridgehead atoms. The van der Waals surface area contributed by atoms with E-state index in [1.807, 2.05) is 4.90 Å². The van der Waals surface area contributed by atoms with Crippen molar-refractivity contribution in [3.8, 4) is 0 Å². The SMILES string of the molecule is COC(=O)c1ccc(C(=O)NC2CCN(c3ccc(C(F)(F)F)cn3)CC2)cn1. The Balaban J connectivity index is 1.53. The highest BCUT2D eigenvalue weighted by Crippen LogP contribution is 2.29. The molecule has 7 nitrogen and oxygen atoms in total. The van der Waals surface area contributed by atoms with Crippen LogP contribution in [0.15, 0.2) is 36.7 Å². The molecule has 1 aliphatic heterocycles. The Hall–Kier alpha value is -3.17. The van der Waals surface area contributed by atoms with Gasteiger partial charge >= 0.3 is 12.1 Å². The van der Waals surface area contributed by atoms with E-state index >= 15 is 0 Å². The molecule has 1 fully saturated rings. The largest absolute Gasteiger partial charge is 0.464 e. The van der Waals surface area contributed by atoms with Crippen LogP contribution in [0.3, 0.4) is 0 Å². The van der Waals surface area contributed by atoms with Gasteiger partial charge in [-0.15, -0.1) is 0 Å². The van der Waals surface area contributed by atoms with Gasteiger partial charge in [0.15, 0.2) is 0 Å². The molecule has 0 radical (unpaired) electrons. The molecule has 29 heavy (non-hydrogen) atoms. The van der Waals surface area contributed by atoms with Crippen LogP contribution in [-0.2, 0) is 10.9 Å². The van der Waals surface area contributed by atoms with Crippen LogP contribution < -0.4 is 10.2 Å². The normalized spacial score (nSPS) is 15.1. The standard InChI is InChI=1S/C19H19F3N4O3/c1-29-18(28)15-4-2-12(10-23-15)17(27)25-14-6-8-26(9-7-14)16-5-3-13(11-24-16)19(20,21)22/h2-5,10-11,14H,6-9H2,1H3,(H,25,27). The molecule has 10 heteroatoms. The van der Waals surface area contributed by atoms with E-state index < -0.39 is 17.7 Å². The quantitative estimate of drug-likeness (QED) is 0.784. The maximum Gasteiger partial charge on any atom is 0.417 e. The fourth-order valence-electron chi connectivity index (χ4n) is 3.02. The van der Waals surface area contributed by atoms with Gasteiger partial charge < -0.3 is 15.0 Å². The highest BCUT2D eigenvalue weighted by molar-refractivity contribution is 5.95. The molecule has 0 unspecified atom stereocenters. The summed E-state index contributed by atoms with van der Waals surface area (Å²) in [6, 6.07) is 5.21. The lowest BCUT2D eigenvalue weighted by Crippen LogP contribution is -2.45. The number of nitrogens with one attached hydrogen (secondary N) is 1. The number of carbonyl (C=O) groups excluding carboxylic acids is 2. The minimum atomic E-state index is -4.41. The smallest absolute Gasteiger partial charge is 0.417 e. The number of rotatable bonds is 4. The summed E-state index contributed by atoms with van der Waals surface area (Å²) in [6.45, 7) is 1.12. The van der Waals surface area contributed by atoms with Gasteiger partial charge in [-0.3, -0.25) is 4.79 Å². The van der Waals surface area contributed by atoms with Crippen molar-refractivity contribution in [1.82, 2.24) is 15.3 Å². The molecule has 0 aliphatic carbocycles. The van der Waals surface area contributed by atoms with Crippen LogP contribution in [0.1, 0.15) is 39.3 Å². The predicted molar refractivity (Wildman–Crippen MR) is 97.5 cm³/mol. The van der Waals surface area contributed by atoms with Gasteiger partial charge in [0.05, 0.1) is 18.2 Å². The summed E-state index contributed by atoms with van der Waals surface area (Å²) in [5.41, 5.74) is -0.346. The summed E-state index contributed by atoms with van der Waals surface area (Å²) in [4.78, 5) is 33.4. The molecule has 154 valence electrons. The zero-order chi connectivity index (χ0) is 21.0. The van der Waals surface area contributed by atoms with E-state index in [0.29, 0.717) is 37.3 Å². The third-order valence-electron chi connectivity index (χ3n) is 4.65. The predicted octanol–water partition coefficient (Wildman–Crippen LogP) is 2.68. The first-order valence-corrected chi connectivity index (χ1v) is 8.91. The average molecular weight is 408 g/mol. The summed E-state index contributed by atoms with van der Waals surface area (Å²) in [6.07, 6.45) is -1.02. The first-order valence-electron chi connectivity index (χ1n) is 8.91. The van der Waals surface area contributed by atoms with Gasteiger partial charge in [0.1, 0.15) is 11.5 Å². The number of nitrogens with zero attached hydrogens (tertiary/aromatic N) is 3. The van der Waals surface area contributed by atoms with E-state index in [4.69, 9.17) is 0 Å². The lowest BCUT2D eigenvalue weighted by molar-refractivity contribution is -0.137. The first-order chi connectivity index (χ1) is 13.8. The van der Waals surface area contributed by atoms with Crippen molar-refractivity contribution in [2.45, 2.75) is 25.1 Å². The van der Waals surface area contributed by atoms with Crippen molar-refractivity contribution in [1.29, 1.82) is 0 Å². The summed E-state index contributed by atoms with van der Waals surface area (Å²) >= 11 is 0. The summed E-state index contributed by atoms with van der Waals surface area (Å²) < 4.78 is 42.5. The maximum atomic E-state index is 12.6. The van der Waals surface area contributed by atoms with Crippen LogP contribution in [0.25, 0.3) is 0 Å². The van der Waals surface area contributed by atoms with E-state index in [0.717, 1.165) is 12.3 Å². The van der Waals surface area contributed by atoms with Gasteiger partial charge in [-0.1, -0.05) is 0 Å². The lowest BCUT2D eigenvalue weighted by Gasteiger charge is -2.33. The zero-order valence-electron chi connectivity index (χ0n) is 15.6. The Morgan fingerprint density at radius 1 is 1.10 bits per heavy atom. The number of hydrogen-bond acceptors (Lipinski definition) is 6. The fraction of sp³-hybridized carbons (Fsp3) is 0.368. The number of esters is 1. The van der Waals surface area contributed by atoms with Crippen molar-refractivity contribution in [3.05, 3.63) is 53.5 Å². The third-order valence-corrected chi connectivity index (χ3v) is 4.65. The molecule has 1 saturated heterocycles. The molecule has 2 aromatic heterocycles. The number of alkyl halides is 3. The van der Waals surface area contributed by atoms with Gasteiger partial charge in [-0.25, -0.2) is 14.8 Å². The number of pyridine rings is 2. The van der Waals surface area contributed by atoms with Crippen molar-refractivity contribution < 1.29 is 27.5 Å². The monoisotopic (exact) mass is 408 g/mol. The summed E-state index contributed by atoms with van der Waals surface area (Å²) in [7, 11) is 1.25. The second kappa shape index (κ2) is 8.46. The molecule has 3 rings (SSSR count). The van der Waals surface area contributed by atoms with Crippen molar-refractivity contribution in [2.24, 2.45) is 0 Å². The van der Waals surface area contributed by atoms with E-state index in [2.05, 4.69) is 20.0 Å². The molecule has 1 aliphatic rings.